The Morgan fingerprint density at radius 2 is 1.31 bits per heavy atom. The standard InChI is InChI=1S/C8H10O.C7H8/c1-7-5-3-4-6-8(7)9-2;1-7-5-3-2-4-6-7/h3-6H,1-2H3;2-6H,1H3. The topological polar surface area (TPSA) is 9.23 Å². The van der Waals surface area contributed by atoms with Gasteiger partial charge in [0.1, 0.15) is 5.75 Å². The first-order valence-electron chi connectivity index (χ1n) is 5.35. The van der Waals surface area contributed by atoms with Crippen molar-refractivity contribution in [3.8, 4) is 5.75 Å². The lowest BCUT2D eigenvalue weighted by molar-refractivity contribution is 0.411. The Balaban J connectivity index is 0.000000165. The predicted octanol–water partition coefficient (Wildman–Crippen LogP) is 4.00. The Bertz CT molecular complexity index is 407. The lowest BCUT2D eigenvalue weighted by atomic mass is 10.2. The number of benzene rings is 2. The molecule has 0 fully saturated rings. The molecular weight excluding hydrogens is 196 g/mol. The summed E-state index contributed by atoms with van der Waals surface area (Å²) < 4.78 is 5.04. The minimum atomic E-state index is 0.956. The van der Waals surface area contributed by atoms with Crippen LogP contribution in [0.2, 0.25) is 0 Å². The fraction of sp³-hybridized carbons (Fsp3) is 0.200. The summed E-state index contributed by atoms with van der Waals surface area (Å²) in [5.74, 6) is 0.956. The maximum absolute atomic E-state index is 5.04. The van der Waals surface area contributed by atoms with E-state index in [1.165, 1.54) is 11.1 Å². The number of aryl methyl sites for hydroxylation is 2. The molecule has 0 saturated heterocycles. The molecule has 0 spiro atoms. The summed E-state index contributed by atoms with van der Waals surface area (Å²) in [4.78, 5) is 0. The number of hydrogen-bond acceptors (Lipinski definition) is 1. The Morgan fingerprint density at radius 3 is 1.69 bits per heavy atom. The molecular formula is C15H18O. The first kappa shape index (κ1) is 12.3. The molecule has 0 aromatic heterocycles. The highest BCUT2D eigenvalue weighted by molar-refractivity contribution is 5.31. The van der Waals surface area contributed by atoms with Crippen molar-refractivity contribution < 1.29 is 4.74 Å². The van der Waals surface area contributed by atoms with Crippen molar-refractivity contribution in [2.45, 2.75) is 13.8 Å². The predicted molar refractivity (Wildman–Crippen MR) is 68.9 cm³/mol. The Morgan fingerprint density at radius 1 is 0.750 bits per heavy atom. The fourth-order valence-electron chi connectivity index (χ4n) is 1.32. The number of methoxy groups -OCH3 is 1. The van der Waals surface area contributed by atoms with Gasteiger partial charge in [-0.05, 0) is 25.5 Å². The van der Waals surface area contributed by atoms with E-state index in [1.807, 2.05) is 49.4 Å². The van der Waals surface area contributed by atoms with Crippen molar-refractivity contribution in [2.75, 3.05) is 7.11 Å². The van der Waals surface area contributed by atoms with Crippen molar-refractivity contribution >= 4 is 0 Å². The third-order valence-corrected chi connectivity index (χ3v) is 2.25. The molecule has 0 aliphatic heterocycles. The zero-order valence-corrected chi connectivity index (χ0v) is 10.1. The van der Waals surface area contributed by atoms with Gasteiger partial charge in [-0.15, -0.1) is 0 Å². The Labute approximate surface area is 97.7 Å². The van der Waals surface area contributed by atoms with Crippen LogP contribution in [0.25, 0.3) is 0 Å². The van der Waals surface area contributed by atoms with Crippen LogP contribution < -0.4 is 4.74 Å². The van der Waals surface area contributed by atoms with Crippen LogP contribution in [0.5, 0.6) is 5.75 Å². The van der Waals surface area contributed by atoms with E-state index in [0.717, 1.165) is 5.75 Å². The van der Waals surface area contributed by atoms with Gasteiger partial charge in [-0.1, -0.05) is 54.1 Å². The molecule has 0 aliphatic rings. The first-order valence-corrected chi connectivity index (χ1v) is 5.35. The summed E-state index contributed by atoms with van der Waals surface area (Å²) in [6.07, 6.45) is 0. The van der Waals surface area contributed by atoms with Gasteiger partial charge in [0.05, 0.1) is 7.11 Å². The Hall–Kier alpha value is -1.76. The average molecular weight is 214 g/mol. The van der Waals surface area contributed by atoms with Gasteiger partial charge in [-0.25, -0.2) is 0 Å². The molecule has 0 heterocycles. The molecule has 2 aromatic rings. The maximum atomic E-state index is 5.04. The van der Waals surface area contributed by atoms with E-state index < -0.39 is 0 Å². The lowest BCUT2D eigenvalue weighted by Gasteiger charge is -2.00. The third-order valence-electron chi connectivity index (χ3n) is 2.25. The first-order chi connectivity index (χ1) is 7.74. The number of hydrogen-bond donors (Lipinski definition) is 0. The van der Waals surface area contributed by atoms with Gasteiger partial charge < -0.3 is 4.74 Å². The lowest BCUT2D eigenvalue weighted by Crippen LogP contribution is -1.84. The van der Waals surface area contributed by atoms with Crippen molar-refractivity contribution in [3.05, 3.63) is 65.7 Å². The van der Waals surface area contributed by atoms with E-state index in [-0.39, 0.29) is 0 Å². The van der Waals surface area contributed by atoms with Crippen LogP contribution in [0.3, 0.4) is 0 Å². The second-order valence-electron chi connectivity index (χ2n) is 3.62. The second-order valence-corrected chi connectivity index (χ2v) is 3.62. The van der Waals surface area contributed by atoms with E-state index in [4.69, 9.17) is 4.74 Å². The van der Waals surface area contributed by atoms with Gasteiger partial charge in [0.15, 0.2) is 0 Å². The molecule has 0 bridgehead atoms. The molecule has 2 rings (SSSR count). The van der Waals surface area contributed by atoms with Crippen molar-refractivity contribution in [1.82, 2.24) is 0 Å². The van der Waals surface area contributed by atoms with Crippen molar-refractivity contribution in [1.29, 1.82) is 0 Å². The molecule has 84 valence electrons. The summed E-state index contributed by atoms with van der Waals surface area (Å²) in [5, 5.41) is 0. The molecule has 1 heteroatoms. The molecule has 16 heavy (non-hydrogen) atoms. The van der Waals surface area contributed by atoms with Crippen molar-refractivity contribution in [2.24, 2.45) is 0 Å². The van der Waals surface area contributed by atoms with Gasteiger partial charge in [0, 0.05) is 0 Å². The van der Waals surface area contributed by atoms with Crippen molar-refractivity contribution in [3.63, 3.8) is 0 Å². The minimum Gasteiger partial charge on any atom is -0.496 e. The summed E-state index contributed by atoms with van der Waals surface area (Å²) in [5.41, 5.74) is 2.50. The smallest absolute Gasteiger partial charge is 0.121 e. The Kier molecular flexibility index (Phi) is 5.13. The minimum absolute atomic E-state index is 0.956. The summed E-state index contributed by atoms with van der Waals surface area (Å²) in [7, 11) is 1.68. The van der Waals surface area contributed by atoms with Crippen LogP contribution in [-0.2, 0) is 0 Å². The SMILES string of the molecule is COc1ccccc1C.Cc1ccccc1. The van der Waals surface area contributed by atoms with Gasteiger partial charge in [0.25, 0.3) is 0 Å². The fourth-order valence-corrected chi connectivity index (χ4v) is 1.32. The number of ether oxygens (including phenoxy) is 1. The third kappa shape index (κ3) is 4.18. The zero-order valence-electron chi connectivity index (χ0n) is 10.1. The van der Waals surface area contributed by atoms with Crippen LogP contribution in [0.4, 0.5) is 0 Å². The molecule has 0 atom stereocenters. The van der Waals surface area contributed by atoms with E-state index in [9.17, 15) is 0 Å². The quantitative estimate of drug-likeness (QED) is 0.697. The van der Waals surface area contributed by atoms with Crippen LogP contribution in [-0.4, -0.2) is 7.11 Å². The molecule has 0 unspecified atom stereocenters. The van der Waals surface area contributed by atoms with Crippen LogP contribution >= 0.6 is 0 Å². The zero-order chi connectivity index (χ0) is 11.8. The highest BCUT2D eigenvalue weighted by Crippen LogP contribution is 2.14. The van der Waals surface area contributed by atoms with E-state index in [0.29, 0.717) is 0 Å². The number of rotatable bonds is 1. The largest absolute Gasteiger partial charge is 0.496 e. The highest BCUT2D eigenvalue weighted by atomic mass is 16.5. The monoisotopic (exact) mass is 214 g/mol. The average Bonchev–Trinajstić information content (AvgIpc) is 2.31. The molecule has 0 amide bonds. The van der Waals surface area contributed by atoms with Gasteiger partial charge in [-0.3, -0.25) is 0 Å². The van der Waals surface area contributed by atoms with Gasteiger partial charge in [-0.2, -0.15) is 0 Å². The van der Waals surface area contributed by atoms with Crippen LogP contribution in [0.15, 0.2) is 54.6 Å². The molecule has 0 saturated carbocycles. The summed E-state index contributed by atoms with van der Waals surface area (Å²) >= 11 is 0. The van der Waals surface area contributed by atoms with E-state index >= 15 is 0 Å². The van der Waals surface area contributed by atoms with E-state index in [2.05, 4.69) is 19.1 Å². The maximum Gasteiger partial charge on any atom is 0.121 e. The molecule has 1 nitrogen and oxygen atoms in total. The molecule has 0 aliphatic carbocycles. The normalized spacial score (nSPS) is 8.94. The van der Waals surface area contributed by atoms with Crippen LogP contribution in [0.1, 0.15) is 11.1 Å². The molecule has 0 N–H and O–H groups in total. The van der Waals surface area contributed by atoms with E-state index in [1.54, 1.807) is 7.11 Å². The van der Waals surface area contributed by atoms with Gasteiger partial charge in [0.2, 0.25) is 0 Å². The molecule has 0 radical (unpaired) electrons. The number of para-hydroxylation sites is 1. The van der Waals surface area contributed by atoms with Gasteiger partial charge >= 0.3 is 0 Å². The summed E-state index contributed by atoms with van der Waals surface area (Å²) in [6, 6.07) is 18.2. The van der Waals surface area contributed by atoms with Crippen LogP contribution in [0, 0.1) is 13.8 Å². The highest BCUT2D eigenvalue weighted by Gasteiger charge is 1.90. The molecule has 2 aromatic carbocycles. The summed E-state index contributed by atoms with van der Waals surface area (Å²) in [6.45, 7) is 4.11. The second kappa shape index (κ2) is 6.67.